The molecule has 0 spiro atoms. The van der Waals surface area contributed by atoms with E-state index in [0.717, 1.165) is 12.2 Å². The first-order chi connectivity index (χ1) is 10.2. The lowest BCUT2D eigenvalue weighted by atomic mass is 10.0. The highest BCUT2D eigenvalue weighted by Crippen LogP contribution is 2.21. The van der Waals surface area contributed by atoms with Gasteiger partial charge < -0.3 is 14.9 Å². The van der Waals surface area contributed by atoms with Crippen LogP contribution in [0.4, 0.5) is 0 Å². The molecule has 6 nitrogen and oxygen atoms in total. The highest BCUT2D eigenvalue weighted by atomic mass is 16.5. The van der Waals surface area contributed by atoms with E-state index in [1.54, 1.807) is 24.3 Å². The van der Waals surface area contributed by atoms with Gasteiger partial charge in [0.2, 0.25) is 0 Å². The lowest BCUT2D eigenvalue weighted by Crippen LogP contribution is -2.21. The Labute approximate surface area is 125 Å². The van der Waals surface area contributed by atoms with Gasteiger partial charge in [-0.2, -0.15) is 0 Å². The maximum Gasteiger partial charge on any atom is 0.119 e. The second kappa shape index (κ2) is 10.0. The molecule has 1 aromatic rings. The summed E-state index contributed by atoms with van der Waals surface area (Å²) in [5.41, 5.74) is 8.75. The van der Waals surface area contributed by atoms with E-state index < -0.39 is 12.2 Å². The van der Waals surface area contributed by atoms with Crippen LogP contribution in [0.25, 0.3) is 10.4 Å². The zero-order chi connectivity index (χ0) is 15.5. The van der Waals surface area contributed by atoms with E-state index >= 15 is 0 Å². The van der Waals surface area contributed by atoms with E-state index in [2.05, 4.69) is 16.9 Å². The first kappa shape index (κ1) is 17.3. The maximum absolute atomic E-state index is 9.91. The standard InChI is InChI=1S/C15H23N3O3/c1-2-3-4-5-10-21-13-8-6-12(7-9-13)15(20)14(19)11-17-18-16/h6-9,14-15,19-20H,2-5,10-11H2,1H3. The van der Waals surface area contributed by atoms with Crippen LogP contribution in [-0.4, -0.2) is 29.5 Å². The first-order valence-electron chi connectivity index (χ1n) is 7.28. The molecule has 2 N–H and O–H groups in total. The van der Waals surface area contributed by atoms with Gasteiger partial charge in [0.1, 0.15) is 11.9 Å². The van der Waals surface area contributed by atoms with Gasteiger partial charge in [-0.25, -0.2) is 0 Å². The lowest BCUT2D eigenvalue weighted by Gasteiger charge is -2.16. The number of azide groups is 1. The molecule has 0 saturated carbocycles. The van der Waals surface area contributed by atoms with Crippen molar-refractivity contribution in [2.75, 3.05) is 13.2 Å². The van der Waals surface area contributed by atoms with Crippen LogP contribution in [0.5, 0.6) is 5.75 Å². The highest BCUT2D eigenvalue weighted by Gasteiger charge is 2.17. The third kappa shape index (κ3) is 6.49. The van der Waals surface area contributed by atoms with Gasteiger partial charge in [0.15, 0.2) is 0 Å². The van der Waals surface area contributed by atoms with Crippen LogP contribution >= 0.6 is 0 Å². The molecule has 0 aromatic heterocycles. The molecule has 0 aliphatic heterocycles. The largest absolute Gasteiger partial charge is 0.494 e. The Balaban J connectivity index is 2.43. The molecule has 0 bridgehead atoms. The normalized spacial score (nSPS) is 13.3. The highest BCUT2D eigenvalue weighted by molar-refractivity contribution is 5.29. The number of benzene rings is 1. The molecule has 0 amide bonds. The third-order valence-corrected chi connectivity index (χ3v) is 3.18. The van der Waals surface area contributed by atoms with Crippen molar-refractivity contribution in [1.82, 2.24) is 0 Å². The molecule has 0 saturated heterocycles. The molecule has 0 heterocycles. The molecule has 2 atom stereocenters. The Bertz CT molecular complexity index is 444. The zero-order valence-corrected chi connectivity index (χ0v) is 12.4. The van der Waals surface area contributed by atoms with E-state index in [1.807, 2.05) is 0 Å². The molecule has 21 heavy (non-hydrogen) atoms. The van der Waals surface area contributed by atoms with Gasteiger partial charge in [-0.1, -0.05) is 43.4 Å². The summed E-state index contributed by atoms with van der Waals surface area (Å²) in [6.07, 6.45) is 2.43. The Morgan fingerprint density at radius 2 is 1.90 bits per heavy atom. The van der Waals surface area contributed by atoms with E-state index in [9.17, 15) is 10.2 Å². The number of hydrogen-bond acceptors (Lipinski definition) is 4. The van der Waals surface area contributed by atoms with Crippen LogP contribution < -0.4 is 4.74 Å². The van der Waals surface area contributed by atoms with Crippen LogP contribution in [0.3, 0.4) is 0 Å². The molecule has 0 fully saturated rings. The van der Waals surface area contributed by atoms with Gasteiger partial charge in [0.05, 0.1) is 19.3 Å². The molecular formula is C15H23N3O3. The fraction of sp³-hybridized carbons (Fsp3) is 0.600. The average molecular weight is 293 g/mol. The van der Waals surface area contributed by atoms with Crippen LogP contribution in [0.1, 0.15) is 44.3 Å². The molecule has 2 unspecified atom stereocenters. The van der Waals surface area contributed by atoms with Gasteiger partial charge in [-0.3, -0.25) is 0 Å². The van der Waals surface area contributed by atoms with E-state index in [1.165, 1.54) is 19.3 Å². The lowest BCUT2D eigenvalue weighted by molar-refractivity contribution is 0.0244. The second-order valence-electron chi connectivity index (χ2n) is 4.90. The van der Waals surface area contributed by atoms with E-state index in [0.29, 0.717) is 12.2 Å². The third-order valence-electron chi connectivity index (χ3n) is 3.18. The minimum Gasteiger partial charge on any atom is -0.494 e. The van der Waals surface area contributed by atoms with E-state index in [-0.39, 0.29) is 6.54 Å². The van der Waals surface area contributed by atoms with E-state index in [4.69, 9.17) is 10.3 Å². The number of ether oxygens (including phenoxy) is 1. The topological polar surface area (TPSA) is 98.5 Å². The summed E-state index contributed by atoms with van der Waals surface area (Å²) in [5, 5.41) is 22.8. The first-order valence-corrected chi connectivity index (χ1v) is 7.28. The fourth-order valence-electron chi connectivity index (χ4n) is 1.92. The summed E-state index contributed by atoms with van der Waals surface area (Å²) in [7, 11) is 0. The van der Waals surface area contributed by atoms with Crippen molar-refractivity contribution in [3.05, 3.63) is 40.3 Å². The smallest absolute Gasteiger partial charge is 0.119 e. The maximum atomic E-state index is 9.91. The number of nitrogens with zero attached hydrogens (tertiary/aromatic N) is 3. The summed E-state index contributed by atoms with van der Waals surface area (Å²) >= 11 is 0. The zero-order valence-electron chi connectivity index (χ0n) is 12.4. The van der Waals surface area contributed by atoms with Crippen LogP contribution in [0.2, 0.25) is 0 Å². The van der Waals surface area contributed by atoms with Crippen LogP contribution in [0, 0.1) is 0 Å². The van der Waals surface area contributed by atoms with Crippen molar-refractivity contribution in [3.63, 3.8) is 0 Å². The van der Waals surface area contributed by atoms with Crippen molar-refractivity contribution in [1.29, 1.82) is 0 Å². The van der Waals surface area contributed by atoms with Crippen molar-refractivity contribution >= 4 is 0 Å². The minimum absolute atomic E-state index is 0.159. The summed E-state index contributed by atoms with van der Waals surface area (Å²) in [4.78, 5) is 2.55. The Kier molecular flexibility index (Phi) is 8.28. The SMILES string of the molecule is CCCCCCOc1ccc(C(O)C(O)CN=[N+]=[N-])cc1. The second-order valence-corrected chi connectivity index (χ2v) is 4.90. The number of hydrogen-bond donors (Lipinski definition) is 2. The average Bonchev–Trinajstić information content (AvgIpc) is 2.52. The molecule has 0 aliphatic rings. The summed E-state index contributed by atoms with van der Waals surface area (Å²) in [5.74, 6) is 0.743. The summed E-state index contributed by atoms with van der Waals surface area (Å²) in [6, 6.07) is 6.92. The molecule has 0 aliphatic carbocycles. The van der Waals surface area contributed by atoms with Gasteiger partial charge in [0.25, 0.3) is 0 Å². The van der Waals surface area contributed by atoms with Crippen molar-refractivity contribution in [2.24, 2.45) is 5.11 Å². The molecule has 6 heteroatoms. The van der Waals surface area contributed by atoms with Gasteiger partial charge >= 0.3 is 0 Å². The predicted molar refractivity (Wildman–Crippen MR) is 81.1 cm³/mol. The number of aliphatic hydroxyl groups is 2. The van der Waals surface area contributed by atoms with Gasteiger partial charge in [-0.05, 0) is 29.6 Å². The van der Waals surface area contributed by atoms with Crippen LogP contribution in [-0.2, 0) is 0 Å². The fourth-order valence-corrected chi connectivity index (χ4v) is 1.92. The van der Waals surface area contributed by atoms with Crippen molar-refractivity contribution < 1.29 is 14.9 Å². The van der Waals surface area contributed by atoms with Crippen molar-refractivity contribution in [2.45, 2.75) is 44.8 Å². The number of rotatable bonds is 10. The molecule has 1 rings (SSSR count). The molecule has 1 aromatic carbocycles. The molecule has 0 radical (unpaired) electrons. The minimum atomic E-state index is -1.11. The quantitative estimate of drug-likeness (QED) is 0.299. The van der Waals surface area contributed by atoms with Gasteiger partial charge in [-0.15, -0.1) is 0 Å². The monoisotopic (exact) mass is 293 g/mol. The van der Waals surface area contributed by atoms with Crippen molar-refractivity contribution in [3.8, 4) is 5.75 Å². The number of aliphatic hydroxyl groups excluding tert-OH is 2. The van der Waals surface area contributed by atoms with Gasteiger partial charge in [0, 0.05) is 4.91 Å². The number of unbranched alkanes of at least 4 members (excludes halogenated alkanes) is 3. The summed E-state index contributed by atoms with van der Waals surface area (Å²) in [6.45, 7) is 2.69. The Morgan fingerprint density at radius 3 is 2.52 bits per heavy atom. The Morgan fingerprint density at radius 1 is 1.19 bits per heavy atom. The van der Waals surface area contributed by atoms with Crippen LogP contribution in [0.15, 0.2) is 29.4 Å². The predicted octanol–water partition coefficient (Wildman–Crippen LogP) is 3.35. The molecular weight excluding hydrogens is 270 g/mol. The summed E-state index contributed by atoms with van der Waals surface area (Å²) < 4.78 is 5.60. The Hall–Kier alpha value is -1.75. The molecule has 116 valence electrons.